The van der Waals surface area contributed by atoms with Crippen LogP contribution in [0.25, 0.3) is 22.4 Å². The van der Waals surface area contributed by atoms with E-state index in [4.69, 9.17) is 9.26 Å². The highest BCUT2D eigenvalue weighted by atomic mass is 32.1. The van der Waals surface area contributed by atoms with Gasteiger partial charge in [0.1, 0.15) is 0 Å². The van der Waals surface area contributed by atoms with E-state index < -0.39 is 24.5 Å². The van der Waals surface area contributed by atoms with E-state index in [1.54, 1.807) is 48.6 Å². The van der Waals surface area contributed by atoms with Crippen LogP contribution in [0.1, 0.15) is 46.5 Å². The fraction of sp³-hybridized carbons (Fsp3) is 0.174. The maximum absolute atomic E-state index is 13.1. The third-order valence-electron chi connectivity index (χ3n) is 5.36. The van der Waals surface area contributed by atoms with Crippen LogP contribution in [0.3, 0.4) is 0 Å². The Balaban J connectivity index is 1.47. The first-order valence-electron chi connectivity index (χ1n) is 9.82. The molecule has 0 unspecified atom stereocenters. The molecule has 0 atom stereocenters. The van der Waals surface area contributed by atoms with Gasteiger partial charge >= 0.3 is 5.97 Å². The highest BCUT2D eigenvalue weighted by molar-refractivity contribution is 7.12. The number of thiophene rings is 1. The average molecular weight is 447 g/mol. The molecular formula is C23H17N3O5S. The first-order valence-corrected chi connectivity index (χ1v) is 10.6. The number of amides is 2. The zero-order valence-corrected chi connectivity index (χ0v) is 18.3. The number of benzene rings is 1. The van der Waals surface area contributed by atoms with E-state index in [0.717, 1.165) is 20.2 Å². The largest absolute Gasteiger partial charge is 0.440 e. The Morgan fingerprint density at radius 2 is 1.75 bits per heavy atom. The van der Waals surface area contributed by atoms with Crippen molar-refractivity contribution in [1.82, 2.24) is 15.0 Å². The minimum absolute atomic E-state index is 0.212. The van der Waals surface area contributed by atoms with Crippen molar-refractivity contribution < 1.29 is 23.6 Å². The molecule has 0 bridgehead atoms. The molecule has 0 N–H and O–H groups in total. The van der Waals surface area contributed by atoms with Gasteiger partial charge < -0.3 is 9.26 Å². The number of pyridine rings is 1. The molecule has 0 fully saturated rings. The Labute approximate surface area is 186 Å². The maximum Gasteiger partial charge on any atom is 0.340 e. The topological polar surface area (TPSA) is 103 Å². The minimum Gasteiger partial charge on any atom is -0.440 e. The van der Waals surface area contributed by atoms with Gasteiger partial charge in [0.05, 0.1) is 33.5 Å². The number of rotatable bonds is 4. The van der Waals surface area contributed by atoms with Gasteiger partial charge in [0, 0.05) is 15.3 Å². The lowest BCUT2D eigenvalue weighted by atomic mass is 10.1. The fourth-order valence-corrected chi connectivity index (χ4v) is 4.77. The van der Waals surface area contributed by atoms with Crippen molar-refractivity contribution in [3.05, 3.63) is 68.5 Å². The third kappa shape index (κ3) is 3.09. The van der Waals surface area contributed by atoms with Gasteiger partial charge in [-0.05, 0) is 45.0 Å². The number of ether oxygens (including phenoxy) is 1. The predicted octanol–water partition coefficient (Wildman–Crippen LogP) is 4.29. The molecule has 0 saturated heterocycles. The van der Waals surface area contributed by atoms with Crippen molar-refractivity contribution in [1.29, 1.82) is 0 Å². The number of imide groups is 1. The second-order valence-corrected chi connectivity index (χ2v) is 8.94. The molecule has 0 radical (unpaired) electrons. The number of hydrogen-bond acceptors (Lipinski definition) is 8. The van der Waals surface area contributed by atoms with Crippen LogP contribution < -0.4 is 0 Å². The van der Waals surface area contributed by atoms with E-state index in [-0.39, 0.29) is 11.3 Å². The molecule has 3 aromatic heterocycles. The zero-order chi connectivity index (χ0) is 22.6. The summed E-state index contributed by atoms with van der Waals surface area (Å²) in [5, 5.41) is 4.36. The van der Waals surface area contributed by atoms with Crippen molar-refractivity contribution in [3.8, 4) is 11.3 Å². The summed E-state index contributed by atoms with van der Waals surface area (Å²) in [7, 11) is 0. The summed E-state index contributed by atoms with van der Waals surface area (Å²) in [4.78, 5) is 45.7. The molecule has 160 valence electrons. The number of esters is 1. The van der Waals surface area contributed by atoms with Crippen LogP contribution in [0, 0.1) is 20.8 Å². The second-order valence-electron chi connectivity index (χ2n) is 7.47. The lowest BCUT2D eigenvalue weighted by Crippen LogP contribution is -2.33. The van der Waals surface area contributed by atoms with Crippen molar-refractivity contribution >= 4 is 40.2 Å². The van der Waals surface area contributed by atoms with Gasteiger partial charge in [-0.3, -0.25) is 9.59 Å². The lowest BCUT2D eigenvalue weighted by Gasteiger charge is -2.14. The first kappa shape index (κ1) is 20.1. The van der Waals surface area contributed by atoms with Gasteiger partial charge in [-0.2, -0.15) is 0 Å². The Hall–Kier alpha value is -3.85. The summed E-state index contributed by atoms with van der Waals surface area (Å²) in [6.45, 7) is 5.18. The van der Waals surface area contributed by atoms with E-state index in [1.807, 2.05) is 19.9 Å². The maximum atomic E-state index is 13.1. The molecule has 1 aliphatic rings. The van der Waals surface area contributed by atoms with E-state index in [1.165, 1.54) is 0 Å². The predicted molar refractivity (Wildman–Crippen MR) is 117 cm³/mol. The van der Waals surface area contributed by atoms with Gasteiger partial charge in [-0.15, -0.1) is 11.3 Å². The van der Waals surface area contributed by atoms with Crippen LogP contribution in [-0.2, 0) is 4.74 Å². The van der Waals surface area contributed by atoms with Crippen molar-refractivity contribution in [2.24, 2.45) is 0 Å². The smallest absolute Gasteiger partial charge is 0.340 e. The molecule has 32 heavy (non-hydrogen) atoms. The van der Waals surface area contributed by atoms with Crippen molar-refractivity contribution in [2.45, 2.75) is 20.8 Å². The first-order chi connectivity index (χ1) is 15.3. The molecule has 1 aromatic carbocycles. The van der Waals surface area contributed by atoms with Gasteiger partial charge in [-0.25, -0.2) is 14.7 Å². The Kier molecular flexibility index (Phi) is 4.63. The average Bonchev–Trinajstić information content (AvgIpc) is 3.40. The molecule has 5 rings (SSSR count). The van der Waals surface area contributed by atoms with Crippen LogP contribution in [-0.4, -0.2) is 39.6 Å². The van der Waals surface area contributed by atoms with Crippen LogP contribution in [0.5, 0.6) is 0 Å². The lowest BCUT2D eigenvalue weighted by molar-refractivity contribution is 0.0229. The molecule has 2 amide bonds. The van der Waals surface area contributed by atoms with Gasteiger partial charge in [-0.1, -0.05) is 17.3 Å². The van der Waals surface area contributed by atoms with E-state index >= 15 is 0 Å². The highest BCUT2D eigenvalue weighted by Gasteiger charge is 2.36. The highest BCUT2D eigenvalue weighted by Crippen LogP contribution is 2.33. The molecular weight excluding hydrogens is 430 g/mol. The van der Waals surface area contributed by atoms with Crippen LogP contribution in [0.4, 0.5) is 0 Å². The second kappa shape index (κ2) is 7.38. The van der Waals surface area contributed by atoms with Crippen LogP contribution in [0.15, 0.2) is 40.9 Å². The van der Waals surface area contributed by atoms with Crippen LogP contribution >= 0.6 is 11.3 Å². The molecule has 9 heteroatoms. The number of nitrogens with zero attached hydrogens (tertiary/aromatic N) is 3. The van der Waals surface area contributed by atoms with Gasteiger partial charge in [0.25, 0.3) is 17.5 Å². The molecule has 4 heterocycles. The number of carbonyl (C=O) groups excluding carboxylic acids is 3. The summed E-state index contributed by atoms with van der Waals surface area (Å²) in [6.07, 6.45) is 0. The van der Waals surface area contributed by atoms with E-state index in [2.05, 4.69) is 10.1 Å². The SMILES string of the molecule is Cc1cc(-c2cc(C(=O)OCN3C(=O)c4ccccc4C3=O)c3c(C)noc3n2)c(C)s1. The van der Waals surface area contributed by atoms with Gasteiger partial charge in [0.15, 0.2) is 6.73 Å². The number of hydrogen-bond donors (Lipinski definition) is 0. The Bertz CT molecular complexity index is 1400. The number of aryl methyl sites for hydroxylation is 3. The molecule has 0 aliphatic carbocycles. The quantitative estimate of drug-likeness (QED) is 0.340. The Morgan fingerprint density at radius 1 is 1.06 bits per heavy atom. The summed E-state index contributed by atoms with van der Waals surface area (Å²) >= 11 is 1.63. The monoisotopic (exact) mass is 447 g/mol. The molecule has 0 saturated carbocycles. The Morgan fingerprint density at radius 3 is 2.38 bits per heavy atom. The van der Waals surface area contributed by atoms with Crippen molar-refractivity contribution in [2.75, 3.05) is 6.73 Å². The fourth-order valence-electron chi connectivity index (χ4n) is 3.84. The number of carbonyl (C=O) groups is 3. The minimum atomic E-state index is -0.703. The normalized spacial score (nSPS) is 13.2. The molecule has 4 aromatic rings. The van der Waals surface area contributed by atoms with Crippen molar-refractivity contribution in [3.63, 3.8) is 0 Å². The molecule has 1 aliphatic heterocycles. The van der Waals surface area contributed by atoms with Gasteiger partial charge in [0.2, 0.25) is 0 Å². The number of aromatic nitrogens is 2. The summed E-state index contributed by atoms with van der Waals surface area (Å²) in [5.41, 5.74) is 2.95. The van der Waals surface area contributed by atoms with E-state index in [9.17, 15) is 14.4 Å². The van der Waals surface area contributed by atoms with E-state index in [0.29, 0.717) is 27.9 Å². The standard InChI is InChI=1S/C23H17N3O5S/c1-11-8-16(13(3)32-11)18-9-17(19-12(2)25-31-20(19)24-18)23(29)30-10-26-21(27)14-6-4-5-7-15(14)22(26)28/h4-9H,10H2,1-3H3. The molecule has 8 nitrogen and oxygen atoms in total. The third-order valence-corrected chi connectivity index (χ3v) is 6.32. The summed E-state index contributed by atoms with van der Waals surface area (Å²) in [6, 6.07) is 10.1. The zero-order valence-electron chi connectivity index (χ0n) is 17.5. The number of fused-ring (bicyclic) bond motifs is 2. The molecule has 0 spiro atoms. The summed E-state index contributed by atoms with van der Waals surface area (Å²) < 4.78 is 10.7. The van der Waals surface area contributed by atoms with Crippen LogP contribution in [0.2, 0.25) is 0 Å². The summed E-state index contributed by atoms with van der Waals surface area (Å²) in [5.74, 6) is -1.69.